The van der Waals surface area contributed by atoms with Crippen LogP contribution >= 0.6 is 0 Å². The second kappa shape index (κ2) is 6.98. The summed E-state index contributed by atoms with van der Waals surface area (Å²) >= 11 is 0. The average Bonchev–Trinajstić information content (AvgIpc) is 3.26. The summed E-state index contributed by atoms with van der Waals surface area (Å²) in [7, 11) is 0. The van der Waals surface area contributed by atoms with E-state index < -0.39 is 0 Å². The molecule has 2 aromatic heterocycles. The molecule has 6 nitrogen and oxygen atoms in total. The second-order valence-corrected chi connectivity index (χ2v) is 6.89. The summed E-state index contributed by atoms with van der Waals surface area (Å²) in [6.45, 7) is 4.55. The number of furan rings is 1. The Morgan fingerprint density at radius 3 is 3.12 bits per heavy atom. The highest BCUT2D eigenvalue weighted by molar-refractivity contribution is 5.94. The van der Waals surface area contributed by atoms with Crippen molar-refractivity contribution < 1.29 is 13.9 Å². The Hall–Kier alpha value is -2.18. The normalized spacial score (nSPS) is 26.4. The number of pyridine rings is 1. The molecule has 0 radical (unpaired) electrons. The number of hydrogen-bond acceptors (Lipinski definition) is 5. The highest BCUT2D eigenvalue weighted by Crippen LogP contribution is 2.34. The number of nitrogens with zero attached hydrogens (tertiary/aromatic N) is 2. The topological polar surface area (TPSA) is 67.6 Å². The van der Waals surface area contributed by atoms with Crippen molar-refractivity contribution in [3.05, 3.63) is 48.2 Å². The quantitative estimate of drug-likeness (QED) is 0.926. The molecular weight excluding hydrogens is 318 g/mol. The number of anilines is 1. The molecule has 0 saturated carbocycles. The van der Waals surface area contributed by atoms with Crippen LogP contribution in [0.3, 0.4) is 0 Å². The third-order valence-electron chi connectivity index (χ3n) is 5.15. The Labute approximate surface area is 147 Å². The molecule has 3 atom stereocenters. The van der Waals surface area contributed by atoms with E-state index in [-0.39, 0.29) is 18.1 Å². The van der Waals surface area contributed by atoms with E-state index in [2.05, 4.69) is 15.2 Å². The van der Waals surface area contributed by atoms with Gasteiger partial charge < -0.3 is 14.5 Å². The fraction of sp³-hybridized carbons (Fsp3) is 0.474. The number of carbonyl (C=O) groups excluding carboxylic acids is 1. The fourth-order valence-corrected chi connectivity index (χ4v) is 3.76. The minimum Gasteiger partial charge on any atom is -0.468 e. The lowest BCUT2D eigenvalue weighted by atomic mass is 9.91. The molecule has 1 N–H and O–H groups in total. The lowest BCUT2D eigenvalue weighted by molar-refractivity contribution is -0.127. The van der Waals surface area contributed by atoms with Gasteiger partial charge in [-0.15, -0.1) is 0 Å². The Morgan fingerprint density at radius 2 is 2.32 bits per heavy atom. The second-order valence-electron chi connectivity index (χ2n) is 6.89. The smallest absolute Gasteiger partial charge is 0.253 e. The standard InChI is InChI=1S/C19H23N3O3/c1-13-16(5-2-7-20-13)21-19(23)17-10-14-6-8-22(12-18(14)25-17)11-15-4-3-9-24-15/h2-5,7,9,14,17-18H,6,8,10-12H2,1H3,(H,21,23)/t14-,17+,18-/m1/s1. The van der Waals surface area contributed by atoms with E-state index >= 15 is 0 Å². The summed E-state index contributed by atoms with van der Waals surface area (Å²) < 4.78 is 11.5. The van der Waals surface area contributed by atoms with Gasteiger partial charge in [0.25, 0.3) is 5.91 Å². The molecule has 25 heavy (non-hydrogen) atoms. The number of amides is 1. The molecule has 0 bridgehead atoms. The van der Waals surface area contributed by atoms with Crippen LogP contribution in [0.25, 0.3) is 0 Å². The zero-order valence-corrected chi connectivity index (χ0v) is 14.4. The first kappa shape index (κ1) is 16.3. The van der Waals surface area contributed by atoms with Crippen molar-refractivity contribution in [2.75, 3.05) is 18.4 Å². The number of nitrogens with one attached hydrogen (secondary N) is 1. The molecular formula is C19H23N3O3. The molecule has 2 aliphatic rings. The Bertz CT molecular complexity index is 731. The van der Waals surface area contributed by atoms with E-state index in [1.165, 1.54) is 0 Å². The Balaban J connectivity index is 1.34. The van der Waals surface area contributed by atoms with Crippen molar-refractivity contribution in [3.63, 3.8) is 0 Å². The number of rotatable bonds is 4. The van der Waals surface area contributed by atoms with Crippen LogP contribution in [0.15, 0.2) is 41.1 Å². The van der Waals surface area contributed by atoms with Gasteiger partial charge in [0.2, 0.25) is 0 Å². The van der Waals surface area contributed by atoms with E-state index in [4.69, 9.17) is 9.15 Å². The molecule has 2 saturated heterocycles. The molecule has 2 aromatic rings. The number of piperidine rings is 1. The van der Waals surface area contributed by atoms with Crippen LogP contribution in [0.5, 0.6) is 0 Å². The first-order valence-corrected chi connectivity index (χ1v) is 8.82. The minimum absolute atomic E-state index is 0.0666. The number of likely N-dealkylation sites (tertiary alicyclic amines) is 1. The molecule has 0 aromatic carbocycles. The maximum atomic E-state index is 12.6. The maximum absolute atomic E-state index is 12.6. The molecule has 4 rings (SSSR count). The van der Waals surface area contributed by atoms with Crippen molar-refractivity contribution in [2.45, 2.75) is 38.5 Å². The molecule has 1 amide bonds. The highest BCUT2D eigenvalue weighted by atomic mass is 16.5. The van der Waals surface area contributed by atoms with E-state index in [0.29, 0.717) is 5.92 Å². The van der Waals surface area contributed by atoms with Crippen molar-refractivity contribution in [3.8, 4) is 0 Å². The largest absolute Gasteiger partial charge is 0.468 e. The van der Waals surface area contributed by atoms with Gasteiger partial charge in [0.05, 0.1) is 30.3 Å². The third kappa shape index (κ3) is 3.60. The number of aryl methyl sites for hydroxylation is 1. The zero-order valence-electron chi connectivity index (χ0n) is 14.4. The van der Waals surface area contributed by atoms with E-state index in [0.717, 1.165) is 49.6 Å². The molecule has 6 heteroatoms. The summed E-state index contributed by atoms with van der Waals surface area (Å²) in [4.78, 5) is 19.1. The maximum Gasteiger partial charge on any atom is 0.253 e. The number of fused-ring (bicyclic) bond motifs is 1. The lowest BCUT2D eigenvalue weighted by Crippen LogP contribution is -2.41. The van der Waals surface area contributed by atoms with Crippen LogP contribution in [-0.4, -0.2) is 41.1 Å². The van der Waals surface area contributed by atoms with Crippen molar-refractivity contribution in [1.29, 1.82) is 0 Å². The highest BCUT2D eigenvalue weighted by Gasteiger charge is 2.41. The van der Waals surface area contributed by atoms with Crippen LogP contribution in [-0.2, 0) is 16.1 Å². The third-order valence-corrected chi connectivity index (χ3v) is 5.15. The fourth-order valence-electron chi connectivity index (χ4n) is 3.76. The van der Waals surface area contributed by atoms with Crippen LogP contribution in [0.4, 0.5) is 5.69 Å². The van der Waals surface area contributed by atoms with E-state index in [1.807, 2.05) is 31.2 Å². The molecule has 0 spiro atoms. The van der Waals surface area contributed by atoms with Crippen molar-refractivity contribution in [1.82, 2.24) is 9.88 Å². The van der Waals surface area contributed by atoms with Gasteiger partial charge in [-0.2, -0.15) is 0 Å². The monoisotopic (exact) mass is 341 g/mol. The molecule has 0 unspecified atom stereocenters. The molecule has 4 heterocycles. The van der Waals surface area contributed by atoms with Gasteiger partial charge in [-0.05, 0) is 56.5 Å². The first-order valence-electron chi connectivity index (χ1n) is 8.82. The Kier molecular flexibility index (Phi) is 4.55. The van der Waals surface area contributed by atoms with Gasteiger partial charge in [0.1, 0.15) is 11.9 Å². The van der Waals surface area contributed by atoms with E-state index in [1.54, 1.807) is 12.5 Å². The lowest BCUT2D eigenvalue weighted by Gasteiger charge is -2.33. The summed E-state index contributed by atoms with van der Waals surface area (Å²) in [5, 5.41) is 2.95. The molecule has 2 aliphatic heterocycles. The first-order chi connectivity index (χ1) is 12.2. The Morgan fingerprint density at radius 1 is 1.40 bits per heavy atom. The van der Waals surface area contributed by atoms with Gasteiger partial charge in [-0.25, -0.2) is 0 Å². The SMILES string of the molecule is Cc1ncccc1NC(=O)[C@@H]1C[C@H]2CCN(Cc3ccco3)C[C@H]2O1. The number of ether oxygens (including phenoxy) is 1. The molecule has 2 fully saturated rings. The minimum atomic E-state index is -0.377. The number of aromatic nitrogens is 1. The molecule has 0 aliphatic carbocycles. The molecule has 132 valence electrons. The van der Waals surface area contributed by atoms with E-state index in [9.17, 15) is 4.79 Å². The van der Waals surface area contributed by atoms with Gasteiger partial charge in [-0.3, -0.25) is 14.7 Å². The van der Waals surface area contributed by atoms with Gasteiger partial charge in [0, 0.05) is 12.7 Å². The summed E-state index contributed by atoms with van der Waals surface area (Å²) in [6.07, 6.45) is 5.02. The predicted molar refractivity (Wildman–Crippen MR) is 93.0 cm³/mol. The van der Waals surface area contributed by atoms with Gasteiger partial charge >= 0.3 is 0 Å². The number of hydrogen-bond donors (Lipinski definition) is 1. The van der Waals surface area contributed by atoms with Crippen molar-refractivity contribution in [2.24, 2.45) is 5.92 Å². The predicted octanol–water partition coefficient (Wildman–Crippen LogP) is 2.60. The van der Waals surface area contributed by atoms with Crippen LogP contribution < -0.4 is 5.32 Å². The van der Waals surface area contributed by atoms with Crippen molar-refractivity contribution >= 4 is 11.6 Å². The van der Waals surface area contributed by atoms with Crippen LogP contribution in [0.1, 0.15) is 24.3 Å². The van der Waals surface area contributed by atoms with Gasteiger partial charge in [0.15, 0.2) is 0 Å². The van der Waals surface area contributed by atoms with Gasteiger partial charge in [-0.1, -0.05) is 0 Å². The summed E-state index contributed by atoms with van der Waals surface area (Å²) in [5.74, 6) is 1.36. The summed E-state index contributed by atoms with van der Waals surface area (Å²) in [6, 6.07) is 7.60. The van der Waals surface area contributed by atoms with Crippen LogP contribution in [0, 0.1) is 12.8 Å². The van der Waals surface area contributed by atoms with Crippen LogP contribution in [0.2, 0.25) is 0 Å². The number of carbonyl (C=O) groups is 1. The zero-order chi connectivity index (χ0) is 17.2. The average molecular weight is 341 g/mol. The summed E-state index contributed by atoms with van der Waals surface area (Å²) in [5.41, 5.74) is 1.57.